The summed E-state index contributed by atoms with van der Waals surface area (Å²) >= 11 is 0. The van der Waals surface area contributed by atoms with E-state index in [1.54, 1.807) is 12.1 Å². The van der Waals surface area contributed by atoms with Crippen molar-refractivity contribution >= 4 is 5.91 Å². The highest BCUT2D eigenvalue weighted by molar-refractivity contribution is 5.94. The van der Waals surface area contributed by atoms with Gasteiger partial charge in [0, 0.05) is 5.56 Å². The number of benzene rings is 2. The molecule has 24 heavy (non-hydrogen) atoms. The number of rotatable bonds is 6. The van der Waals surface area contributed by atoms with Crippen LogP contribution in [0, 0.1) is 13.8 Å². The summed E-state index contributed by atoms with van der Waals surface area (Å²) in [5.74, 6) is 0.721. The van der Waals surface area contributed by atoms with Gasteiger partial charge in [0.05, 0.1) is 12.1 Å². The van der Waals surface area contributed by atoms with Crippen molar-refractivity contribution in [3.8, 4) is 5.75 Å². The Morgan fingerprint density at radius 1 is 1.04 bits per heavy atom. The second-order valence-electron chi connectivity index (χ2n) is 6.47. The van der Waals surface area contributed by atoms with Crippen LogP contribution in [0.4, 0.5) is 0 Å². The fourth-order valence-electron chi connectivity index (χ4n) is 2.60. The summed E-state index contributed by atoms with van der Waals surface area (Å²) in [6.07, 6.45) is 0.974. The molecule has 0 fully saturated rings. The molecule has 1 amide bonds. The van der Waals surface area contributed by atoms with Crippen molar-refractivity contribution in [2.75, 3.05) is 0 Å². The second kappa shape index (κ2) is 8.00. The van der Waals surface area contributed by atoms with Crippen LogP contribution in [-0.2, 0) is 0 Å². The van der Waals surface area contributed by atoms with Gasteiger partial charge in [-0.25, -0.2) is 0 Å². The molecule has 0 saturated carbocycles. The number of carbonyl (C=O) groups excluding carboxylic acids is 1. The molecule has 0 aromatic heterocycles. The summed E-state index contributed by atoms with van der Waals surface area (Å²) < 4.78 is 5.61. The van der Waals surface area contributed by atoms with Gasteiger partial charge < -0.3 is 10.1 Å². The monoisotopic (exact) mass is 325 g/mol. The normalized spacial score (nSPS) is 12.1. The Labute approximate surface area is 145 Å². The molecule has 3 heteroatoms. The van der Waals surface area contributed by atoms with E-state index in [-0.39, 0.29) is 18.1 Å². The predicted octanol–water partition coefficient (Wildman–Crippen LogP) is 4.97. The standard InChI is InChI=1S/C21H27NO2/c1-6-20(18-8-7-15(4)16(5)13-18)22-21(23)17-9-11-19(12-10-17)24-14(2)3/h7-14,20H,6H2,1-5H3,(H,22,23). The fraction of sp³-hybridized carbons (Fsp3) is 0.381. The molecular formula is C21H27NO2. The van der Waals surface area contributed by atoms with E-state index in [0.29, 0.717) is 5.56 Å². The Kier molecular flexibility index (Phi) is 6.02. The van der Waals surface area contributed by atoms with Crippen molar-refractivity contribution in [1.82, 2.24) is 5.32 Å². The summed E-state index contributed by atoms with van der Waals surface area (Å²) in [4.78, 5) is 12.5. The Morgan fingerprint density at radius 3 is 2.25 bits per heavy atom. The summed E-state index contributed by atoms with van der Waals surface area (Å²) in [6, 6.07) is 13.7. The molecule has 0 saturated heterocycles. The lowest BCUT2D eigenvalue weighted by molar-refractivity contribution is 0.0935. The zero-order chi connectivity index (χ0) is 17.7. The Morgan fingerprint density at radius 2 is 1.71 bits per heavy atom. The Bertz CT molecular complexity index is 689. The molecule has 1 unspecified atom stereocenters. The average molecular weight is 325 g/mol. The molecule has 2 rings (SSSR count). The third kappa shape index (κ3) is 4.60. The van der Waals surface area contributed by atoms with Crippen LogP contribution in [0.1, 0.15) is 60.3 Å². The lowest BCUT2D eigenvalue weighted by atomic mass is 9.99. The molecule has 0 aliphatic rings. The summed E-state index contributed by atoms with van der Waals surface area (Å²) in [5, 5.41) is 3.13. The van der Waals surface area contributed by atoms with Crippen LogP contribution in [0.15, 0.2) is 42.5 Å². The highest BCUT2D eigenvalue weighted by Crippen LogP contribution is 2.21. The van der Waals surface area contributed by atoms with Crippen molar-refractivity contribution in [2.45, 2.75) is 53.2 Å². The molecule has 0 aliphatic carbocycles. The van der Waals surface area contributed by atoms with Crippen LogP contribution in [0.25, 0.3) is 0 Å². The molecule has 0 spiro atoms. The molecule has 0 aliphatic heterocycles. The molecule has 0 radical (unpaired) electrons. The van der Waals surface area contributed by atoms with E-state index in [2.05, 4.69) is 44.3 Å². The highest BCUT2D eigenvalue weighted by Gasteiger charge is 2.15. The minimum atomic E-state index is -0.0591. The molecule has 0 bridgehead atoms. The van der Waals surface area contributed by atoms with Crippen LogP contribution >= 0.6 is 0 Å². The van der Waals surface area contributed by atoms with Gasteiger partial charge in [-0.15, -0.1) is 0 Å². The molecule has 2 aromatic carbocycles. The van der Waals surface area contributed by atoms with Gasteiger partial charge in [0.1, 0.15) is 5.75 Å². The van der Waals surface area contributed by atoms with E-state index in [9.17, 15) is 4.79 Å². The van der Waals surface area contributed by atoms with Gasteiger partial charge in [-0.05, 0) is 75.1 Å². The first-order valence-electron chi connectivity index (χ1n) is 8.55. The molecule has 1 N–H and O–H groups in total. The number of amides is 1. The maximum atomic E-state index is 12.5. The Hall–Kier alpha value is -2.29. The third-order valence-corrected chi connectivity index (χ3v) is 4.14. The van der Waals surface area contributed by atoms with Gasteiger partial charge in [0.2, 0.25) is 0 Å². The predicted molar refractivity (Wildman–Crippen MR) is 98.6 cm³/mol. The molecule has 3 nitrogen and oxygen atoms in total. The number of hydrogen-bond donors (Lipinski definition) is 1. The van der Waals surface area contributed by atoms with E-state index >= 15 is 0 Å². The van der Waals surface area contributed by atoms with Crippen LogP contribution in [0.5, 0.6) is 5.75 Å². The van der Waals surface area contributed by atoms with Gasteiger partial charge in [0.25, 0.3) is 5.91 Å². The maximum Gasteiger partial charge on any atom is 0.251 e. The first kappa shape index (κ1) is 18.1. The van der Waals surface area contributed by atoms with E-state index in [1.165, 1.54) is 11.1 Å². The second-order valence-corrected chi connectivity index (χ2v) is 6.47. The van der Waals surface area contributed by atoms with E-state index in [1.807, 2.05) is 26.0 Å². The zero-order valence-corrected chi connectivity index (χ0v) is 15.2. The number of carbonyl (C=O) groups is 1. The number of hydrogen-bond acceptors (Lipinski definition) is 2. The minimum Gasteiger partial charge on any atom is -0.491 e. The van der Waals surface area contributed by atoms with Crippen LogP contribution < -0.4 is 10.1 Å². The van der Waals surface area contributed by atoms with Crippen molar-refractivity contribution in [1.29, 1.82) is 0 Å². The van der Waals surface area contributed by atoms with E-state index in [0.717, 1.165) is 17.7 Å². The van der Waals surface area contributed by atoms with E-state index in [4.69, 9.17) is 4.74 Å². The van der Waals surface area contributed by atoms with Crippen molar-refractivity contribution in [2.24, 2.45) is 0 Å². The summed E-state index contributed by atoms with van der Waals surface area (Å²) in [5.41, 5.74) is 4.30. The fourth-order valence-corrected chi connectivity index (χ4v) is 2.60. The maximum absolute atomic E-state index is 12.5. The summed E-state index contributed by atoms with van der Waals surface area (Å²) in [7, 11) is 0. The molecule has 1 atom stereocenters. The third-order valence-electron chi connectivity index (χ3n) is 4.14. The van der Waals surface area contributed by atoms with Crippen molar-refractivity contribution in [3.63, 3.8) is 0 Å². The molecular weight excluding hydrogens is 298 g/mol. The lowest BCUT2D eigenvalue weighted by Crippen LogP contribution is -2.28. The molecule has 2 aromatic rings. The van der Waals surface area contributed by atoms with Gasteiger partial charge in [0.15, 0.2) is 0 Å². The Balaban J connectivity index is 2.09. The number of nitrogens with one attached hydrogen (secondary N) is 1. The topological polar surface area (TPSA) is 38.3 Å². The van der Waals surface area contributed by atoms with Gasteiger partial charge >= 0.3 is 0 Å². The van der Waals surface area contributed by atoms with E-state index < -0.39 is 0 Å². The van der Waals surface area contributed by atoms with Crippen LogP contribution in [0.3, 0.4) is 0 Å². The number of ether oxygens (including phenoxy) is 1. The molecule has 0 heterocycles. The highest BCUT2D eigenvalue weighted by atomic mass is 16.5. The smallest absolute Gasteiger partial charge is 0.251 e. The zero-order valence-electron chi connectivity index (χ0n) is 15.2. The molecule has 128 valence electrons. The number of aryl methyl sites for hydroxylation is 2. The van der Waals surface area contributed by atoms with Gasteiger partial charge in [-0.1, -0.05) is 25.1 Å². The average Bonchev–Trinajstić information content (AvgIpc) is 2.55. The first-order valence-corrected chi connectivity index (χ1v) is 8.55. The van der Waals surface area contributed by atoms with Gasteiger partial charge in [-0.3, -0.25) is 4.79 Å². The van der Waals surface area contributed by atoms with Crippen LogP contribution in [-0.4, -0.2) is 12.0 Å². The SMILES string of the molecule is CCC(NC(=O)c1ccc(OC(C)C)cc1)c1ccc(C)c(C)c1. The van der Waals surface area contributed by atoms with Crippen LogP contribution in [0.2, 0.25) is 0 Å². The van der Waals surface area contributed by atoms with Gasteiger partial charge in [-0.2, -0.15) is 0 Å². The largest absolute Gasteiger partial charge is 0.491 e. The summed E-state index contributed by atoms with van der Waals surface area (Å²) in [6.45, 7) is 10.2. The first-order chi connectivity index (χ1) is 11.4. The van der Waals surface area contributed by atoms with Crippen molar-refractivity contribution < 1.29 is 9.53 Å². The minimum absolute atomic E-state index is 0.0170. The van der Waals surface area contributed by atoms with Crippen molar-refractivity contribution in [3.05, 3.63) is 64.7 Å². The lowest BCUT2D eigenvalue weighted by Gasteiger charge is -2.19. The quantitative estimate of drug-likeness (QED) is 0.814.